The van der Waals surface area contributed by atoms with Crippen LogP contribution in [0.2, 0.25) is 0 Å². The standard InChI is InChI=1S/C7H13NO/c8-7(5-6-9)3-1-2-4-7/h6H,1-5,8H2. The van der Waals surface area contributed by atoms with Gasteiger partial charge in [0.05, 0.1) is 0 Å². The third kappa shape index (κ3) is 1.52. The van der Waals surface area contributed by atoms with Crippen LogP contribution in [-0.2, 0) is 4.79 Å². The highest BCUT2D eigenvalue weighted by atomic mass is 16.1. The van der Waals surface area contributed by atoms with E-state index < -0.39 is 0 Å². The van der Waals surface area contributed by atoms with E-state index in [9.17, 15) is 4.79 Å². The smallest absolute Gasteiger partial charge is 0.121 e. The minimum atomic E-state index is -0.123. The Morgan fingerprint density at radius 2 is 2.00 bits per heavy atom. The molecule has 1 aliphatic carbocycles. The molecule has 0 heterocycles. The van der Waals surface area contributed by atoms with Crippen molar-refractivity contribution in [1.82, 2.24) is 0 Å². The first kappa shape index (κ1) is 6.75. The molecule has 52 valence electrons. The molecule has 0 aromatic carbocycles. The van der Waals surface area contributed by atoms with Crippen LogP contribution in [0.1, 0.15) is 32.1 Å². The minimum Gasteiger partial charge on any atom is -0.325 e. The van der Waals surface area contributed by atoms with Crippen LogP contribution in [-0.4, -0.2) is 11.8 Å². The van der Waals surface area contributed by atoms with E-state index in [1.807, 2.05) is 0 Å². The molecule has 1 rings (SSSR count). The fourth-order valence-electron chi connectivity index (χ4n) is 1.45. The Labute approximate surface area is 55.4 Å². The van der Waals surface area contributed by atoms with Crippen molar-refractivity contribution in [1.29, 1.82) is 0 Å². The predicted octanol–water partition coefficient (Wildman–Crippen LogP) is 0.847. The van der Waals surface area contributed by atoms with Crippen LogP contribution in [0.3, 0.4) is 0 Å². The van der Waals surface area contributed by atoms with Crippen molar-refractivity contribution in [2.45, 2.75) is 37.6 Å². The van der Waals surface area contributed by atoms with Crippen molar-refractivity contribution in [3.63, 3.8) is 0 Å². The first-order valence-electron chi connectivity index (χ1n) is 3.49. The van der Waals surface area contributed by atoms with Gasteiger partial charge in [-0.2, -0.15) is 0 Å². The van der Waals surface area contributed by atoms with Gasteiger partial charge in [-0.3, -0.25) is 0 Å². The summed E-state index contributed by atoms with van der Waals surface area (Å²) in [5.74, 6) is 0. The van der Waals surface area contributed by atoms with Gasteiger partial charge in [0.15, 0.2) is 0 Å². The molecule has 0 spiro atoms. The molecular formula is C7H13NO. The van der Waals surface area contributed by atoms with Crippen LogP contribution in [0.5, 0.6) is 0 Å². The summed E-state index contributed by atoms with van der Waals surface area (Å²) in [5, 5.41) is 0. The fourth-order valence-corrected chi connectivity index (χ4v) is 1.45. The molecule has 0 bridgehead atoms. The largest absolute Gasteiger partial charge is 0.325 e. The van der Waals surface area contributed by atoms with Gasteiger partial charge in [0.1, 0.15) is 6.29 Å². The molecule has 0 amide bonds. The second kappa shape index (κ2) is 2.48. The number of aldehydes is 1. The van der Waals surface area contributed by atoms with Gasteiger partial charge in [-0.15, -0.1) is 0 Å². The SMILES string of the molecule is NC1(CC=O)CCCC1. The zero-order valence-electron chi connectivity index (χ0n) is 5.60. The molecule has 1 aliphatic rings. The summed E-state index contributed by atoms with van der Waals surface area (Å²) >= 11 is 0. The second-order valence-corrected chi connectivity index (χ2v) is 2.94. The molecule has 0 saturated heterocycles. The summed E-state index contributed by atoms with van der Waals surface area (Å²) in [5.41, 5.74) is 5.72. The molecule has 2 nitrogen and oxygen atoms in total. The lowest BCUT2D eigenvalue weighted by atomic mass is 9.96. The van der Waals surface area contributed by atoms with Crippen LogP contribution in [0, 0.1) is 0 Å². The molecule has 0 radical (unpaired) electrons. The topological polar surface area (TPSA) is 43.1 Å². The number of rotatable bonds is 2. The maximum Gasteiger partial charge on any atom is 0.121 e. The molecule has 0 unspecified atom stereocenters. The molecule has 9 heavy (non-hydrogen) atoms. The Bertz CT molecular complexity index is 105. The monoisotopic (exact) mass is 127 g/mol. The average Bonchev–Trinajstić information content (AvgIpc) is 2.16. The minimum absolute atomic E-state index is 0.123. The molecule has 2 N–H and O–H groups in total. The highest BCUT2D eigenvalue weighted by Crippen LogP contribution is 2.28. The van der Waals surface area contributed by atoms with E-state index in [0.29, 0.717) is 6.42 Å². The molecule has 0 aliphatic heterocycles. The summed E-state index contributed by atoms with van der Waals surface area (Å²) in [6.45, 7) is 0. The number of nitrogens with two attached hydrogens (primary N) is 1. The van der Waals surface area contributed by atoms with Gasteiger partial charge in [0.25, 0.3) is 0 Å². The van der Waals surface area contributed by atoms with Crippen molar-refractivity contribution in [3.05, 3.63) is 0 Å². The van der Waals surface area contributed by atoms with Gasteiger partial charge in [-0.1, -0.05) is 12.8 Å². The Morgan fingerprint density at radius 3 is 2.44 bits per heavy atom. The van der Waals surface area contributed by atoms with E-state index in [0.717, 1.165) is 19.1 Å². The summed E-state index contributed by atoms with van der Waals surface area (Å²) in [6, 6.07) is 0. The molecule has 2 heteroatoms. The number of hydrogen-bond acceptors (Lipinski definition) is 2. The summed E-state index contributed by atoms with van der Waals surface area (Å²) in [6.07, 6.45) is 5.95. The second-order valence-electron chi connectivity index (χ2n) is 2.94. The molecule has 0 atom stereocenters. The van der Waals surface area contributed by atoms with Crippen LogP contribution in [0.4, 0.5) is 0 Å². The lowest BCUT2D eigenvalue weighted by Gasteiger charge is -2.19. The van der Waals surface area contributed by atoms with Crippen molar-refractivity contribution in [2.75, 3.05) is 0 Å². The van der Waals surface area contributed by atoms with Gasteiger partial charge in [-0.25, -0.2) is 0 Å². The zero-order chi connectivity index (χ0) is 6.74. The Hall–Kier alpha value is -0.370. The maximum atomic E-state index is 10.1. The quantitative estimate of drug-likeness (QED) is 0.559. The van der Waals surface area contributed by atoms with Gasteiger partial charge in [0, 0.05) is 12.0 Å². The third-order valence-corrected chi connectivity index (χ3v) is 2.09. The van der Waals surface area contributed by atoms with E-state index in [1.165, 1.54) is 12.8 Å². The van der Waals surface area contributed by atoms with E-state index in [-0.39, 0.29) is 5.54 Å². The number of carbonyl (C=O) groups excluding carboxylic acids is 1. The lowest BCUT2D eigenvalue weighted by molar-refractivity contribution is -0.108. The molecule has 1 saturated carbocycles. The Morgan fingerprint density at radius 1 is 1.44 bits per heavy atom. The number of hydrogen-bond donors (Lipinski definition) is 1. The van der Waals surface area contributed by atoms with E-state index in [1.54, 1.807) is 0 Å². The van der Waals surface area contributed by atoms with E-state index in [4.69, 9.17) is 5.73 Å². The van der Waals surface area contributed by atoms with Gasteiger partial charge < -0.3 is 10.5 Å². The normalized spacial score (nSPS) is 24.1. The lowest BCUT2D eigenvalue weighted by Crippen LogP contribution is -2.36. The van der Waals surface area contributed by atoms with Gasteiger partial charge in [-0.05, 0) is 12.8 Å². The highest BCUT2D eigenvalue weighted by molar-refractivity contribution is 5.51. The summed E-state index contributed by atoms with van der Waals surface area (Å²) < 4.78 is 0. The third-order valence-electron chi connectivity index (χ3n) is 2.09. The first-order chi connectivity index (χ1) is 4.27. The molecule has 0 aromatic heterocycles. The Kier molecular flexibility index (Phi) is 1.86. The molecule has 0 aromatic rings. The van der Waals surface area contributed by atoms with Gasteiger partial charge in [0.2, 0.25) is 0 Å². The number of carbonyl (C=O) groups is 1. The van der Waals surface area contributed by atoms with Crippen molar-refractivity contribution in [2.24, 2.45) is 5.73 Å². The van der Waals surface area contributed by atoms with Gasteiger partial charge >= 0.3 is 0 Å². The molecule has 1 fully saturated rings. The maximum absolute atomic E-state index is 10.1. The van der Waals surface area contributed by atoms with Crippen LogP contribution in [0.15, 0.2) is 0 Å². The first-order valence-corrected chi connectivity index (χ1v) is 3.49. The summed E-state index contributed by atoms with van der Waals surface area (Å²) in [7, 11) is 0. The zero-order valence-corrected chi connectivity index (χ0v) is 5.60. The van der Waals surface area contributed by atoms with Crippen LogP contribution >= 0.6 is 0 Å². The van der Waals surface area contributed by atoms with Crippen molar-refractivity contribution < 1.29 is 4.79 Å². The van der Waals surface area contributed by atoms with E-state index in [2.05, 4.69) is 0 Å². The van der Waals surface area contributed by atoms with Crippen LogP contribution in [0.25, 0.3) is 0 Å². The predicted molar refractivity (Wildman–Crippen MR) is 36.1 cm³/mol. The van der Waals surface area contributed by atoms with E-state index >= 15 is 0 Å². The Balaban J connectivity index is 2.40. The van der Waals surface area contributed by atoms with Crippen molar-refractivity contribution >= 4 is 6.29 Å². The fraction of sp³-hybridized carbons (Fsp3) is 0.857. The summed E-state index contributed by atoms with van der Waals surface area (Å²) in [4.78, 5) is 10.1. The molecular weight excluding hydrogens is 114 g/mol. The van der Waals surface area contributed by atoms with Crippen molar-refractivity contribution in [3.8, 4) is 0 Å². The van der Waals surface area contributed by atoms with Crippen LogP contribution < -0.4 is 5.73 Å². The highest BCUT2D eigenvalue weighted by Gasteiger charge is 2.28. The average molecular weight is 127 g/mol.